The van der Waals surface area contributed by atoms with Crippen molar-refractivity contribution in [2.24, 2.45) is 0 Å². The lowest BCUT2D eigenvalue weighted by Crippen LogP contribution is -2.49. The number of aromatic nitrogens is 1. The summed E-state index contributed by atoms with van der Waals surface area (Å²) in [6.07, 6.45) is 10.5. The van der Waals surface area contributed by atoms with Gasteiger partial charge >= 0.3 is 6.09 Å². The second-order valence-electron chi connectivity index (χ2n) is 9.11. The Morgan fingerprint density at radius 3 is 2.70 bits per heavy atom. The molecule has 1 aliphatic carbocycles. The number of rotatable bonds is 6. The molecule has 1 aromatic heterocycles. The number of carbonyl (C=O) groups is 2. The third kappa shape index (κ3) is 4.77. The molecule has 4 rings (SSSR count). The van der Waals surface area contributed by atoms with E-state index < -0.39 is 5.60 Å². The van der Waals surface area contributed by atoms with Crippen molar-refractivity contribution in [2.45, 2.75) is 63.0 Å². The molecule has 3 fully saturated rings. The van der Waals surface area contributed by atoms with E-state index in [0.29, 0.717) is 44.2 Å². The molecule has 0 atom stereocenters. The number of hydrogen-bond acceptors (Lipinski definition) is 5. The zero-order valence-corrected chi connectivity index (χ0v) is 18.1. The maximum absolute atomic E-state index is 12.6. The van der Waals surface area contributed by atoms with Gasteiger partial charge in [-0.05, 0) is 45.0 Å². The van der Waals surface area contributed by atoms with Gasteiger partial charge in [0.25, 0.3) is 5.91 Å². The van der Waals surface area contributed by atoms with Crippen LogP contribution in [-0.4, -0.2) is 83.1 Å². The summed E-state index contributed by atoms with van der Waals surface area (Å²) in [6.45, 7) is 3.61. The Hall–Kier alpha value is -2.15. The minimum Gasteiger partial charge on any atom is -0.441 e. The fraction of sp³-hybridized carbons (Fsp3) is 0.696. The standard InChI is InChI=1S/C23H34N4O3/c1-25(19-8-3-2-4-9-19)14-7-15-27-18-23(30-22(27)29)11-16-26(17-12-23)21(28)20-10-5-6-13-24-20/h5-6,10,13,19H,2-4,7-9,11-12,14-18H2,1H3. The van der Waals surface area contributed by atoms with Gasteiger partial charge in [0.2, 0.25) is 0 Å². The third-order valence-corrected chi connectivity index (χ3v) is 7.02. The number of ether oxygens (including phenoxy) is 1. The molecule has 1 saturated carbocycles. The van der Waals surface area contributed by atoms with Gasteiger partial charge in [-0.2, -0.15) is 0 Å². The van der Waals surface area contributed by atoms with Gasteiger partial charge < -0.3 is 19.4 Å². The van der Waals surface area contributed by atoms with Crippen molar-refractivity contribution in [1.82, 2.24) is 19.7 Å². The maximum atomic E-state index is 12.6. The molecule has 1 aromatic rings. The summed E-state index contributed by atoms with van der Waals surface area (Å²) in [5.74, 6) is -0.0441. The van der Waals surface area contributed by atoms with E-state index in [-0.39, 0.29) is 12.0 Å². The van der Waals surface area contributed by atoms with E-state index in [4.69, 9.17) is 4.74 Å². The zero-order valence-electron chi connectivity index (χ0n) is 18.1. The van der Waals surface area contributed by atoms with E-state index in [0.717, 1.165) is 19.5 Å². The molecule has 0 bridgehead atoms. The molecule has 2 amide bonds. The lowest BCUT2D eigenvalue weighted by molar-refractivity contribution is 0.00296. The topological polar surface area (TPSA) is 66.0 Å². The normalized spacial score (nSPS) is 22.0. The SMILES string of the molecule is CN(CCCN1CC2(CCN(C(=O)c3ccccn3)CC2)OC1=O)C1CCCCC1. The first-order chi connectivity index (χ1) is 14.6. The Balaban J connectivity index is 1.23. The quantitative estimate of drug-likeness (QED) is 0.715. The predicted octanol–water partition coefficient (Wildman–Crippen LogP) is 3.16. The van der Waals surface area contributed by atoms with Gasteiger partial charge in [0, 0.05) is 44.7 Å². The Labute approximate surface area is 179 Å². The van der Waals surface area contributed by atoms with E-state index in [9.17, 15) is 9.59 Å². The first kappa shape index (κ1) is 21.1. The number of hydrogen-bond donors (Lipinski definition) is 0. The predicted molar refractivity (Wildman–Crippen MR) is 114 cm³/mol. The highest BCUT2D eigenvalue weighted by molar-refractivity contribution is 5.92. The smallest absolute Gasteiger partial charge is 0.410 e. The summed E-state index contributed by atoms with van der Waals surface area (Å²) in [4.78, 5) is 35.4. The van der Waals surface area contributed by atoms with E-state index in [1.165, 1.54) is 32.1 Å². The highest BCUT2D eigenvalue weighted by atomic mass is 16.6. The molecule has 2 aliphatic heterocycles. The number of carbonyl (C=O) groups excluding carboxylic acids is 2. The summed E-state index contributed by atoms with van der Waals surface area (Å²) in [5, 5.41) is 0. The summed E-state index contributed by atoms with van der Waals surface area (Å²) < 4.78 is 5.83. The minimum atomic E-state index is -0.437. The van der Waals surface area contributed by atoms with Crippen LogP contribution in [0.4, 0.5) is 4.79 Å². The second-order valence-corrected chi connectivity index (χ2v) is 9.11. The van der Waals surface area contributed by atoms with Crippen LogP contribution in [0.5, 0.6) is 0 Å². The molecular weight excluding hydrogens is 380 g/mol. The number of piperidine rings is 1. The van der Waals surface area contributed by atoms with Gasteiger partial charge in [-0.1, -0.05) is 25.3 Å². The van der Waals surface area contributed by atoms with Gasteiger partial charge in [0.05, 0.1) is 6.54 Å². The molecule has 164 valence electrons. The molecule has 7 heteroatoms. The molecule has 1 spiro atoms. The van der Waals surface area contributed by atoms with E-state index in [1.54, 1.807) is 12.3 Å². The second kappa shape index (κ2) is 9.33. The van der Waals surface area contributed by atoms with Crippen molar-refractivity contribution in [3.8, 4) is 0 Å². The number of pyridine rings is 1. The van der Waals surface area contributed by atoms with Crippen LogP contribution < -0.4 is 0 Å². The summed E-state index contributed by atoms with van der Waals surface area (Å²) in [7, 11) is 2.22. The van der Waals surface area contributed by atoms with Gasteiger partial charge in [-0.25, -0.2) is 4.79 Å². The van der Waals surface area contributed by atoms with Gasteiger partial charge in [0.15, 0.2) is 0 Å². The number of amides is 2. The number of likely N-dealkylation sites (tertiary alicyclic amines) is 1. The van der Waals surface area contributed by atoms with Crippen molar-refractivity contribution in [1.29, 1.82) is 0 Å². The van der Waals surface area contributed by atoms with Crippen LogP contribution in [0.1, 0.15) is 61.9 Å². The monoisotopic (exact) mass is 414 g/mol. The van der Waals surface area contributed by atoms with Crippen molar-refractivity contribution in [3.63, 3.8) is 0 Å². The Bertz CT molecular complexity index is 727. The summed E-state index contributed by atoms with van der Waals surface area (Å²) in [6, 6.07) is 6.08. The molecular formula is C23H34N4O3. The molecule has 0 radical (unpaired) electrons. The lowest BCUT2D eigenvalue weighted by Gasteiger charge is -2.37. The molecule has 0 N–H and O–H groups in total. The molecule has 3 aliphatic rings. The molecule has 3 heterocycles. The highest BCUT2D eigenvalue weighted by Crippen LogP contribution is 2.33. The zero-order chi connectivity index (χ0) is 21.0. The summed E-state index contributed by atoms with van der Waals surface area (Å²) >= 11 is 0. The van der Waals surface area contributed by atoms with Crippen LogP contribution in [0, 0.1) is 0 Å². The van der Waals surface area contributed by atoms with Crippen LogP contribution in [-0.2, 0) is 4.74 Å². The van der Waals surface area contributed by atoms with E-state index in [1.807, 2.05) is 21.9 Å². The molecule has 2 saturated heterocycles. The van der Waals surface area contributed by atoms with Crippen molar-refractivity contribution >= 4 is 12.0 Å². The number of nitrogens with zero attached hydrogens (tertiary/aromatic N) is 4. The van der Waals surface area contributed by atoms with Crippen LogP contribution in [0.25, 0.3) is 0 Å². The van der Waals surface area contributed by atoms with Crippen LogP contribution >= 0.6 is 0 Å². The Morgan fingerprint density at radius 1 is 1.23 bits per heavy atom. The maximum Gasteiger partial charge on any atom is 0.410 e. The largest absolute Gasteiger partial charge is 0.441 e. The average Bonchev–Trinajstić information content (AvgIpc) is 3.09. The van der Waals surface area contributed by atoms with Crippen molar-refractivity contribution < 1.29 is 14.3 Å². The van der Waals surface area contributed by atoms with Gasteiger partial charge in [0.1, 0.15) is 11.3 Å². The van der Waals surface area contributed by atoms with Crippen LogP contribution in [0.15, 0.2) is 24.4 Å². The molecule has 0 unspecified atom stereocenters. The Morgan fingerprint density at radius 2 is 2.00 bits per heavy atom. The Kier molecular flexibility index (Phi) is 6.56. The highest BCUT2D eigenvalue weighted by Gasteiger charge is 2.47. The van der Waals surface area contributed by atoms with Gasteiger partial charge in [-0.3, -0.25) is 9.78 Å². The summed E-state index contributed by atoms with van der Waals surface area (Å²) in [5.41, 5.74) is 0.0355. The van der Waals surface area contributed by atoms with E-state index >= 15 is 0 Å². The fourth-order valence-corrected chi connectivity index (χ4v) is 5.11. The lowest BCUT2D eigenvalue weighted by atomic mass is 9.91. The van der Waals surface area contributed by atoms with Crippen LogP contribution in [0.2, 0.25) is 0 Å². The third-order valence-electron chi connectivity index (χ3n) is 7.02. The minimum absolute atomic E-state index is 0.0441. The first-order valence-corrected chi connectivity index (χ1v) is 11.4. The van der Waals surface area contributed by atoms with Crippen molar-refractivity contribution in [3.05, 3.63) is 30.1 Å². The molecule has 0 aromatic carbocycles. The van der Waals surface area contributed by atoms with Gasteiger partial charge in [-0.15, -0.1) is 0 Å². The molecule has 7 nitrogen and oxygen atoms in total. The first-order valence-electron chi connectivity index (χ1n) is 11.4. The van der Waals surface area contributed by atoms with E-state index in [2.05, 4.69) is 16.9 Å². The molecule has 30 heavy (non-hydrogen) atoms. The average molecular weight is 415 g/mol. The van der Waals surface area contributed by atoms with Crippen LogP contribution in [0.3, 0.4) is 0 Å². The fourth-order valence-electron chi connectivity index (χ4n) is 5.11. The van der Waals surface area contributed by atoms with Crippen molar-refractivity contribution in [2.75, 3.05) is 39.8 Å².